The molecule has 2 aromatic rings. The monoisotopic (exact) mass is 353 g/mol. The van der Waals surface area contributed by atoms with Gasteiger partial charge in [0.2, 0.25) is 6.79 Å². The summed E-state index contributed by atoms with van der Waals surface area (Å²) in [6.45, 7) is 3.33. The van der Waals surface area contributed by atoms with Crippen LogP contribution in [0.2, 0.25) is 5.02 Å². The van der Waals surface area contributed by atoms with Crippen molar-refractivity contribution in [3.63, 3.8) is 0 Å². The van der Waals surface area contributed by atoms with Crippen molar-refractivity contribution in [1.29, 1.82) is 0 Å². The highest BCUT2D eigenvalue weighted by atomic mass is 35.5. The zero-order valence-corrected chi connectivity index (χ0v) is 14.7. The third kappa shape index (κ3) is 4.06. The fraction of sp³-hybridized carbons (Fsp3) is 0.238. The van der Waals surface area contributed by atoms with E-state index in [0.717, 1.165) is 48.1 Å². The molecule has 4 rings (SSSR count). The van der Waals surface area contributed by atoms with Crippen LogP contribution in [-0.2, 0) is 6.54 Å². The Balaban J connectivity index is 1.35. The molecule has 0 radical (unpaired) electrons. The van der Waals surface area contributed by atoms with Gasteiger partial charge in [0.15, 0.2) is 11.5 Å². The number of halogens is 1. The quantitative estimate of drug-likeness (QED) is 0.779. The van der Waals surface area contributed by atoms with Gasteiger partial charge in [-0.3, -0.25) is 4.90 Å². The lowest BCUT2D eigenvalue weighted by Crippen LogP contribution is -2.27. The van der Waals surface area contributed by atoms with Crippen molar-refractivity contribution in [3.8, 4) is 11.5 Å². The van der Waals surface area contributed by atoms with Crippen molar-refractivity contribution in [3.05, 3.63) is 76.3 Å². The van der Waals surface area contributed by atoms with E-state index in [9.17, 15) is 0 Å². The number of hydrogen-bond donors (Lipinski definition) is 0. The van der Waals surface area contributed by atoms with Crippen LogP contribution in [0, 0.1) is 0 Å². The summed E-state index contributed by atoms with van der Waals surface area (Å²) in [6.07, 6.45) is 7.72. The van der Waals surface area contributed by atoms with E-state index < -0.39 is 0 Å². The molecule has 0 aliphatic carbocycles. The highest BCUT2D eigenvalue weighted by Gasteiger charge is 2.13. The lowest BCUT2D eigenvalue weighted by Gasteiger charge is -2.25. The molecule has 0 aromatic heterocycles. The van der Waals surface area contributed by atoms with Crippen LogP contribution in [0.3, 0.4) is 0 Å². The third-order valence-electron chi connectivity index (χ3n) is 4.53. The Bertz CT molecular complexity index is 811. The highest BCUT2D eigenvalue weighted by Crippen LogP contribution is 2.33. The van der Waals surface area contributed by atoms with Gasteiger partial charge in [-0.05, 0) is 47.4 Å². The summed E-state index contributed by atoms with van der Waals surface area (Å²) < 4.78 is 10.8. The summed E-state index contributed by atoms with van der Waals surface area (Å²) in [7, 11) is 0. The van der Waals surface area contributed by atoms with Gasteiger partial charge in [-0.25, -0.2) is 0 Å². The van der Waals surface area contributed by atoms with Crippen molar-refractivity contribution < 1.29 is 9.47 Å². The first-order chi connectivity index (χ1) is 12.3. The first-order valence-electron chi connectivity index (χ1n) is 8.50. The van der Waals surface area contributed by atoms with E-state index in [-0.39, 0.29) is 0 Å². The molecule has 2 aromatic carbocycles. The average Bonchev–Trinajstić information content (AvgIpc) is 3.11. The van der Waals surface area contributed by atoms with Gasteiger partial charge in [-0.2, -0.15) is 0 Å². The number of fused-ring (bicyclic) bond motifs is 1. The summed E-state index contributed by atoms with van der Waals surface area (Å²) in [5, 5.41) is 0.790. The second kappa shape index (κ2) is 7.34. The number of nitrogens with zero attached hydrogens (tertiary/aromatic N) is 1. The minimum atomic E-state index is 0.317. The van der Waals surface area contributed by atoms with Crippen LogP contribution >= 0.6 is 11.6 Å². The van der Waals surface area contributed by atoms with Gasteiger partial charge < -0.3 is 9.47 Å². The topological polar surface area (TPSA) is 21.7 Å². The standard InChI is InChI=1S/C21H20ClNO2/c22-19-6-3-18(4-7-19)14-23-11-9-16(10-12-23)1-2-17-5-8-20-21(13-17)25-15-24-20/h1-9,13H,10-12,14-15H2/b2-1+. The number of allylic oxidation sites excluding steroid dienone is 1. The molecule has 2 heterocycles. The zero-order valence-electron chi connectivity index (χ0n) is 14.0. The molecule has 0 atom stereocenters. The molecule has 0 N–H and O–H groups in total. The molecule has 4 heteroatoms. The van der Waals surface area contributed by atoms with Crippen LogP contribution in [0.5, 0.6) is 11.5 Å². The van der Waals surface area contributed by atoms with Crippen LogP contribution in [0.4, 0.5) is 0 Å². The van der Waals surface area contributed by atoms with Crippen molar-refractivity contribution in [2.24, 2.45) is 0 Å². The van der Waals surface area contributed by atoms with Crippen molar-refractivity contribution in [2.45, 2.75) is 13.0 Å². The molecule has 2 aliphatic heterocycles. The minimum Gasteiger partial charge on any atom is -0.454 e. The van der Waals surface area contributed by atoms with Gasteiger partial charge in [0.25, 0.3) is 0 Å². The predicted octanol–water partition coefficient (Wildman–Crippen LogP) is 4.91. The lowest BCUT2D eigenvalue weighted by atomic mass is 10.1. The molecule has 2 aliphatic rings. The van der Waals surface area contributed by atoms with E-state index in [1.165, 1.54) is 11.1 Å². The third-order valence-corrected chi connectivity index (χ3v) is 4.79. The average molecular weight is 354 g/mol. The molecule has 0 saturated heterocycles. The van der Waals surface area contributed by atoms with E-state index in [1.807, 2.05) is 24.3 Å². The Morgan fingerprint density at radius 1 is 1.00 bits per heavy atom. The molecule has 25 heavy (non-hydrogen) atoms. The molecule has 0 spiro atoms. The second-order valence-electron chi connectivity index (χ2n) is 6.34. The highest BCUT2D eigenvalue weighted by molar-refractivity contribution is 6.30. The Morgan fingerprint density at radius 2 is 1.84 bits per heavy atom. The van der Waals surface area contributed by atoms with E-state index in [1.54, 1.807) is 0 Å². The number of benzene rings is 2. The number of hydrogen-bond acceptors (Lipinski definition) is 3. The van der Waals surface area contributed by atoms with E-state index in [0.29, 0.717) is 6.79 Å². The van der Waals surface area contributed by atoms with E-state index in [2.05, 4.69) is 41.3 Å². The molecular weight excluding hydrogens is 334 g/mol. The molecule has 0 saturated carbocycles. The van der Waals surface area contributed by atoms with Crippen LogP contribution in [0.25, 0.3) is 6.08 Å². The number of rotatable bonds is 4. The molecule has 0 fully saturated rings. The number of ether oxygens (including phenoxy) is 2. The van der Waals surface area contributed by atoms with Gasteiger partial charge >= 0.3 is 0 Å². The normalized spacial score (nSPS) is 17.1. The molecule has 128 valence electrons. The molecule has 0 bridgehead atoms. The van der Waals surface area contributed by atoms with Gasteiger partial charge in [-0.15, -0.1) is 0 Å². The summed E-state index contributed by atoms with van der Waals surface area (Å²) in [6, 6.07) is 14.1. The van der Waals surface area contributed by atoms with Crippen molar-refractivity contribution in [2.75, 3.05) is 19.9 Å². The smallest absolute Gasteiger partial charge is 0.231 e. The van der Waals surface area contributed by atoms with Crippen LogP contribution in [-0.4, -0.2) is 24.8 Å². The van der Waals surface area contributed by atoms with Crippen LogP contribution in [0.1, 0.15) is 17.5 Å². The van der Waals surface area contributed by atoms with Gasteiger partial charge in [0.1, 0.15) is 0 Å². The zero-order chi connectivity index (χ0) is 17.1. The summed E-state index contributed by atoms with van der Waals surface area (Å²) >= 11 is 5.94. The van der Waals surface area contributed by atoms with Crippen molar-refractivity contribution >= 4 is 17.7 Å². The molecule has 0 amide bonds. The van der Waals surface area contributed by atoms with Gasteiger partial charge in [-0.1, -0.05) is 48.0 Å². The van der Waals surface area contributed by atoms with Crippen LogP contribution < -0.4 is 9.47 Å². The first kappa shape index (κ1) is 16.2. The first-order valence-corrected chi connectivity index (χ1v) is 8.88. The molecule has 0 unspecified atom stereocenters. The van der Waals surface area contributed by atoms with Gasteiger partial charge in [0.05, 0.1) is 0 Å². The van der Waals surface area contributed by atoms with E-state index in [4.69, 9.17) is 21.1 Å². The molecule has 3 nitrogen and oxygen atoms in total. The fourth-order valence-corrected chi connectivity index (χ4v) is 3.22. The summed E-state index contributed by atoms with van der Waals surface area (Å²) in [5.41, 5.74) is 3.82. The Hall–Kier alpha value is -2.23. The fourth-order valence-electron chi connectivity index (χ4n) is 3.09. The Labute approximate surface area is 153 Å². The SMILES string of the molecule is Clc1ccc(CN2CC=C(/C=C/c3ccc4c(c3)OCO4)CC2)cc1. The largest absolute Gasteiger partial charge is 0.454 e. The summed E-state index contributed by atoms with van der Waals surface area (Å²) in [5.74, 6) is 1.65. The van der Waals surface area contributed by atoms with E-state index >= 15 is 0 Å². The predicted molar refractivity (Wildman–Crippen MR) is 101 cm³/mol. The molecular formula is C21H20ClNO2. The summed E-state index contributed by atoms with van der Waals surface area (Å²) in [4.78, 5) is 2.45. The van der Waals surface area contributed by atoms with Crippen molar-refractivity contribution in [1.82, 2.24) is 4.90 Å². The Kier molecular flexibility index (Phi) is 4.77. The maximum atomic E-state index is 5.94. The maximum Gasteiger partial charge on any atom is 0.231 e. The lowest BCUT2D eigenvalue weighted by molar-refractivity contribution is 0.174. The van der Waals surface area contributed by atoms with Crippen LogP contribution in [0.15, 0.2) is 60.2 Å². The minimum absolute atomic E-state index is 0.317. The Morgan fingerprint density at radius 3 is 2.64 bits per heavy atom. The van der Waals surface area contributed by atoms with Gasteiger partial charge in [0, 0.05) is 24.7 Å². The maximum absolute atomic E-state index is 5.94. The second-order valence-corrected chi connectivity index (χ2v) is 6.77.